The van der Waals surface area contributed by atoms with Crippen LogP contribution in [0.2, 0.25) is 0 Å². The summed E-state index contributed by atoms with van der Waals surface area (Å²) in [5.41, 5.74) is 2.69. The van der Waals surface area contributed by atoms with E-state index < -0.39 is 0 Å². The molecule has 1 saturated carbocycles. The maximum atomic E-state index is 9.67. The van der Waals surface area contributed by atoms with Gasteiger partial charge in [-0.2, -0.15) is 0 Å². The van der Waals surface area contributed by atoms with Gasteiger partial charge >= 0.3 is 0 Å². The fraction of sp³-hybridized carbons (Fsp3) is 0.429. The van der Waals surface area contributed by atoms with Gasteiger partial charge in [0.1, 0.15) is 11.5 Å². The molecule has 0 heterocycles. The zero-order chi connectivity index (χ0) is 16.7. The summed E-state index contributed by atoms with van der Waals surface area (Å²) in [7, 11) is 0. The van der Waals surface area contributed by atoms with Crippen LogP contribution in [0.3, 0.4) is 0 Å². The Morgan fingerprint density at radius 1 is 0.783 bits per heavy atom. The van der Waals surface area contributed by atoms with E-state index in [4.69, 9.17) is 0 Å². The van der Waals surface area contributed by atoms with Gasteiger partial charge in [0.2, 0.25) is 0 Å². The predicted octanol–water partition coefficient (Wildman–Crippen LogP) is 5.23. The van der Waals surface area contributed by atoms with Crippen LogP contribution >= 0.6 is 0 Å². The number of benzene rings is 2. The van der Waals surface area contributed by atoms with Crippen molar-refractivity contribution in [3.8, 4) is 11.5 Å². The minimum atomic E-state index is -0.0669. The molecule has 122 valence electrons. The number of aromatic hydroxyl groups is 2. The summed E-state index contributed by atoms with van der Waals surface area (Å²) in [6.45, 7) is 7.02. The molecule has 2 nitrogen and oxygen atoms in total. The summed E-state index contributed by atoms with van der Waals surface area (Å²) in [4.78, 5) is 0. The van der Waals surface area contributed by atoms with E-state index in [-0.39, 0.29) is 10.8 Å². The molecule has 1 fully saturated rings. The van der Waals surface area contributed by atoms with Crippen LogP contribution in [0.5, 0.6) is 11.5 Å². The zero-order valence-corrected chi connectivity index (χ0v) is 14.2. The van der Waals surface area contributed by atoms with E-state index >= 15 is 0 Å². The average Bonchev–Trinajstić information content (AvgIpc) is 2.46. The van der Waals surface area contributed by atoms with Gasteiger partial charge in [0.25, 0.3) is 0 Å². The molecule has 0 spiro atoms. The van der Waals surface area contributed by atoms with Gasteiger partial charge in [0.05, 0.1) is 0 Å². The largest absolute Gasteiger partial charge is 0.508 e. The van der Waals surface area contributed by atoms with Crippen LogP contribution in [0, 0.1) is 11.3 Å². The molecule has 0 amide bonds. The Morgan fingerprint density at radius 2 is 1.22 bits per heavy atom. The van der Waals surface area contributed by atoms with Crippen LogP contribution in [0.1, 0.15) is 51.2 Å². The molecule has 1 atom stereocenters. The molecule has 2 aromatic rings. The van der Waals surface area contributed by atoms with E-state index in [9.17, 15) is 10.2 Å². The highest BCUT2D eigenvalue weighted by Crippen LogP contribution is 2.53. The molecule has 2 N–H and O–H groups in total. The third kappa shape index (κ3) is 3.08. The van der Waals surface area contributed by atoms with Gasteiger partial charge in [0, 0.05) is 5.41 Å². The van der Waals surface area contributed by atoms with E-state index in [2.05, 4.69) is 45.0 Å². The molecule has 1 aliphatic carbocycles. The van der Waals surface area contributed by atoms with Crippen molar-refractivity contribution in [2.24, 2.45) is 11.3 Å². The van der Waals surface area contributed by atoms with Gasteiger partial charge in [-0.1, -0.05) is 45.0 Å². The molecule has 0 aromatic heterocycles. The second-order valence-electron chi connectivity index (χ2n) is 8.03. The highest BCUT2D eigenvalue weighted by Gasteiger charge is 2.45. The van der Waals surface area contributed by atoms with Crippen molar-refractivity contribution in [2.75, 3.05) is 0 Å². The lowest BCUT2D eigenvalue weighted by Gasteiger charge is -2.48. The standard InChI is InChI=1S/C21H26O2/c1-15-12-20(2,3)14-21(13-15,16-4-8-18(22)9-5-16)17-6-10-19(23)11-7-17/h4-11,15,22-23H,12-14H2,1-3H3/t15-/m1/s1. The molecule has 2 heteroatoms. The fourth-order valence-electron chi connectivity index (χ4n) is 4.74. The highest BCUT2D eigenvalue weighted by molar-refractivity contribution is 5.44. The first kappa shape index (κ1) is 15.9. The van der Waals surface area contributed by atoms with Gasteiger partial charge in [-0.05, 0) is 66.0 Å². The second-order valence-corrected chi connectivity index (χ2v) is 8.03. The summed E-state index contributed by atoms with van der Waals surface area (Å²) in [6.07, 6.45) is 3.39. The first-order chi connectivity index (χ1) is 10.8. The minimum Gasteiger partial charge on any atom is -0.508 e. The van der Waals surface area contributed by atoms with E-state index in [1.165, 1.54) is 17.5 Å². The second kappa shape index (κ2) is 5.59. The van der Waals surface area contributed by atoms with Crippen molar-refractivity contribution in [1.82, 2.24) is 0 Å². The van der Waals surface area contributed by atoms with Crippen molar-refractivity contribution >= 4 is 0 Å². The van der Waals surface area contributed by atoms with Crippen molar-refractivity contribution in [2.45, 2.75) is 45.4 Å². The van der Waals surface area contributed by atoms with E-state index in [0.717, 1.165) is 12.8 Å². The number of hydrogen-bond donors (Lipinski definition) is 2. The molecule has 1 aliphatic rings. The van der Waals surface area contributed by atoms with E-state index in [0.29, 0.717) is 17.4 Å². The van der Waals surface area contributed by atoms with Crippen molar-refractivity contribution in [3.63, 3.8) is 0 Å². The molecular formula is C21H26O2. The summed E-state index contributed by atoms with van der Waals surface area (Å²) >= 11 is 0. The Morgan fingerprint density at radius 3 is 1.61 bits per heavy atom. The monoisotopic (exact) mass is 310 g/mol. The molecule has 23 heavy (non-hydrogen) atoms. The Hall–Kier alpha value is -1.96. The van der Waals surface area contributed by atoms with Gasteiger partial charge in [-0.25, -0.2) is 0 Å². The molecule has 0 bridgehead atoms. The van der Waals surface area contributed by atoms with Crippen LogP contribution in [0.25, 0.3) is 0 Å². The number of rotatable bonds is 2. The Balaban J connectivity index is 2.16. The lowest BCUT2D eigenvalue weighted by atomic mass is 9.55. The minimum absolute atomic E-state index is 0.0669. The third-order valence-electron chi connectivity index (χ3n) is 5.22. The molecular weight excluding hydrogens is 284 g/mol. The third-order valence-corrected chi connectivity index (χ3v) is 5.22. The smallest absolute Gasteiger partial charge is 0.115 e. The summed E-state index contributed by atoms with van der Waals surface area (Å²) in [6, 6.07) is 15.3. The molecule has 0 unspecified atom stereocenters. The van der Waals surface area contributed by atoms with Crippen LogP contribution < -0.4 is 0 Å². The molecule has 0 radical (unpaired) electrons. The predicted molar refractivity (Wildman–Crippen MR) is 93.8 cm³/mol. The molecule has 0 aliphatic heterocycles. The van der Waals surface area contributed by atoms with Gasteiger partial charge in [0.15, 0.2) is 0 Å². The maximum Gasteiger partial charge on any atom is 0.115 e. The quantitative estimate of drug-likeness (QED) is 0.797. The summed E-state index contributed by atoms with van der Waals surface area (Å²) in [5, 5.41) is 19.3. The van der Waals surface area contributed by atoms with E-state index in [1.807, 2.05) is 0 Å². The van der Waals surface area contributed by atoms with Crippen LogP contribution in [-0.4, -0.2) is 10.2 Å². The number of phenols is 2. The summed E-state index contributed by atoms with van der Waals surface area (Å²) in [5.74, 6) is 1.23. The van der Waals surface area contributed by atoms with Crippen molar-refractivity contribution in [3.05, 3.63) is 59.7 Å². The van der Waals surface area contributed by atoms with Crippen molar-refractivity contribution in [1.29, 1.82) is 0 Å². The maximum absolute atomic E-state index is 9.67. The lowest BCUT2D eigenvalue weighted by molar-refractivity contribution is 0.127. The number of hydrogen-bond acceptors (Lipinski definition) is 2. The van der Waals surface area contributed by atoms with Crippen molar-refractivity contribution < 1.29 is 10.2 Å². The average molecular weight is 310 g/mol. The Bertz CT molecular complexity index is 622. The van der Waals surface area contributed by atoms with Gasteiger partial charge < -0.3 is 10.2 Å². The van der Waals surface area contributed by atoms with E-state index in [1.54, 1.807) is 24.3 Å². The summed E-state index contributed by atoms with van der Waals surface area (Å²) < 4.78 is 0. The SMILES string of the molecule is C[C@@H]1CC(C)(C)CC(c2ccc(O)cc2)(c2ccc(O)cc2)C1. The Labute approximate surface area is 138 Å². The van der Waals surface area contributed by atoms with Gasteiger partial charge in [-0.3, -0.25) is 0 Å². The highest BCUT2D eigenvalue weighted by atomic mass is 16.3. The zero-order valence-electron chi connectivity index (χ0n) is 14.2. The normalized spacial score (nSPS) is 22.7. The van der Waals surface area contributed by atoms with Gasteiger partial charge in [-0.15, -0.1) is 0 Å². The van der Waals surface area contributed by atoms with Crippen LogP contribution in [0.15, 0.2) is 48.5 Å². The fourth-order valence-corrected chi connectivity index (χ4v) is 4.74. The van der Waals surface area contributed by atoms with Crippen LogP contribution in [0.4, 0.5) is 0 Å². The molecule has 0 saturated heterocycles. The molecule has 2 aromatic carbocycles. The lowest BCUT2D eigenvalue weighted by Crippen LogP contribution is -2.41. The first-order valence-corrected chi connectivity index (χ1v) is 8.40. The Kier molecular flexibility index (Phi) is 3.87. The topological polar surface area (TPSA) is 40.5 Å². The van der Waals surface area contributed by atoms with Crippen LogP contribution in [-0.2, 0) is 5.41 Å². The molecule has 3 rings (SSSR count). The number of phenolic OH excluding ortho intramolecular Hbond substituents is 2. The first-order valence-electron chi connectivity index (χ1n) is 8.40.